The first-order valence-electron chi connectivity index (χ1n) is 4.65. The predicted molar refractivity (Wildman–Crippen MR) is 50.1 cm³/mol. The van der Waals surface area contributed by atoms with E-state index < -0.39 is 11.4 Å². The van der Waals surface area contributed by atoms with E-state index in [1.54, 1.807) is 0 Å². The summed E-state index contributed by atoms with van der Waals surface area (Å²) in [5.41, 5.74) is -0.510. The molecule has 0 aliphatic heterocycles. The van der Waals surface area contributed by atoms with Crippen molar-refractivity contribution in [2.45, 2.75) is 47.0 Å². The van der Waals surface area contributed by atoms with Gasteiger partial charge in [-0.2, -0.15) is 0 Å². The van der Waals surface area contributed by atoms with Gasteiger partial charge in [0.2, 0.25) is 0 Å². The molecule has 1 unspecified atom stereocenters. The fourth-order valence-electron chi connectivity index (χ4n) is 1.04. The molecule has 0 aromatic heterocycles. The quantitative estimate of drug-likeness (QED) is 0.733. The van der Waals surface area contributed by atoms with Crippen LogP contribution < -0.4 is 0 Å². The molecule has 0 spiro atoms. The number of carboxylic acids is 1. The smallest absolute Gasteiger partial charge is 0.309 e. The Morgan fingerprint density at radius 2 is 1.92 bits per heavy atom. The van der Waals surface area contributed by atoms with Crippen molar-refractivity contribution in [2.24, 2.45) is 11.3 Å². The third-order valence-electron chi connectivity index (χ3n) is 2.57. The van der Waals surface area contributed by atoms with Crippen LogP contribution in [0.25, 0.3) is 0 Å². The molecule has 0 amide bonds. The monoisotopic (exact) mass is 227 g/mol. The summed E-state index contributed by atoms with van der Waals surface area (Å²) in [6.07, 6.45) is 2.50. The van der Waals surface area contributed by atoms with E-state index in [9.17, 15) is 4.79 Å². The maximum absolute atomic E-state index is 10.9. The van der Waals surface area contributed by atoms with Gasteiger partial charge in [0, 0.05) is 17.1 Å². The SMILES string of the molecule is CCC(C)(CCC(C)C)C(=O)O.[Mn]. The van der Waals surface area contributed by atoms with E-state index >= 15 is 0 Å². The van der Waals surface area contributed by atoms with Gasteiger partial charge in [-0.25, -0.2) is 0 Å². The van der Waals surface area contributed by atoms with Gasteiger partial charge in [0.1, 0.15) is 0 Å². The average molecular weight is 227 g/mol. The van der Waals surface area contributed by atoms with E-state index in [1.165, 1.54) is 0 Å². The van der Waals surface area contributed by atoms with Gasteiger partial charge in [-0.1, -0.05) is 20.8 Å². The summed E-state index contributed by atoms with van der Waals surface area (Å²) >= 11 is 0. The third-order valence-corrected chi connectivity index (χ3v) is 2.57. The number of aliphatic carboxylic acids is 1. The van der Waals surface area contributed by atoms with Crippen LogP contribution in [-0.4, -0.2) is 11.1 Å². The van der Waals surface area contributed by atoms with Crippen molar-refractivity contribution >= 4 is 5.97 Å². The fraction of sp³-hybridized carbons (Fsp3) is 0.900. The summed E-state index contributed by atoms with van der Waals surface area (Å²) in [5, 5.41) is 8.95. The Balaban J connectivity index is 0. The normalized spacial score (nSPS) is 14.8. The summed E-state index contributed by atoms with van der Waals surface area (Å²) in [4.78, 5) is 10.9. The van der Waals surface area contributed by atoms with Crippen molar-refractivity contribution in [3.05, 3.63) is 0 Å². The van der Waals surface area contributed by atoms with E-state index in [1.807, 2.05) is 13.8 Å². The second-order valence-electron chi connectivity index (χ2n) is 4.15. The van der Waals surface area contributed by atoms with Crippen molar-refractivity contribution in [2.75, 3.05) is 0 Å². The largest absolute Gasteiger partial charge is 0.481 e. The first-order valence-corrected chi connectivity index (χ1v) is 4.65. The van der Waals surface area contributed by atoms with Crippen molar-refractivity contribution in [3.8, 4) is 0 Å². The average Bonchev–Trinajstić information content (AvgIpc) is 1.99. The molecule has 0 saturated carbocycles. The zero-order valence-corrected chi connectivity index (χ0v) is 10.1. The molecule has 0 aromatic carbocycles. The van der Waals surface area contributed by atoms with Gasteiger partial charge in [-0.3, -0.25) is 4.79 Å². The predicted octanol–water partition coefficient (Wildman–Crippen LogP) is 2.92. The molecule has 0 aromatic rings. The molecule has 1 atom stereocenters. The van der Waals surface area contributed by atoms with Crippen LogP contribution in [0.2, 0.25) is 0 Å². The molecule has 13 heavy (non-hydrogen) atoms. The Morgan fingerprint density at radius 3 is 2.15 bits per heavy atom. The minimum absolute atomic E-state index is 0. The number of carbonyl (C=O) groups is 1. The van der Waals surface area contributed by atoms with Crippen LogP contribution in [0.3, 0.4) is 0 Å². The molecule has 0 aliphatic rings. The second-order valence-corrected chi connectivity index (χ2v) is 4.15. The summed E-state index contributed by atoms with van der Waals surface area (Å²) < 4.78 is 0. The Morgan fingerprint density at radius 1 is 1.46 bits per heavy atom. The van der Waals surface area contributed by atoms with Gasteiger partial charge >= 0.3 is 5.97 Å². The van der Waals surface area contributed by atoms with Gasteiger partial charge in [0.25, 0.3) is 0 Å². The molecular weight excluding hydrogens is 207 g/mol. The zero-order valence-electron chi connectivity index (χ0n) is 8.93. The van der Waals surface area contributed by atoms with Gasteiger partial charge < -0.3 is 5.11 Å². The third kappa shape index (κ3) is 5.32. The Labute approximate surface area is 91.6 Å². The molecule has 3 heteroatoms. The Bertz CT molecular complexity index is 157. The maximum Gasteiger partial charge on any atom is 0.309 e. The van der Waals surface area contributed by atoms with Gasteiger partial charge in [0.05, 0.1) is 5.41 Å². The van der Waals surface area contributed by atoms with Crippen LogP contribution in [0.15, 0.2) is 0 Å². The van der Waals surface area contributed by atoms with Gasteiger partial charge in [-0.15, -0.1) is 0 Å². The van der Waals surface area contributed by atoms with Crippen LogP contribution in [0.5, 0.6) is 0 Å². The van der Waals surface area contributed by atoms with Crippen LogP contribution in [0.4, 0.5) is 0 Å². The first-order chi connectivity index (χ1) is 5.42. The van der Waals surface area contributed by atoms with Crippen LogP contribution in [0.1, 0.15) is 47.0 Å². The molecule has 1 radical (unpaired) electrons. The summed E-state index contributed by atoms with van der Waals surface area (Å²) in [7, 11) is 0. The molecule has 1 N–H and O–H groups in total. The van der Waals surface area contributed by atoms with Crippen LogP contribution >= 0.6 is 0 Å². The molecule has 0 fully saturated rings. The van der Waals surface area contributed by atoms with E-state index in [-0.39, 0.29) is 17.1 Å². The maximum atomic E-state index is 10.9. The van der Waals surface area contributed by atoms with E-state index in [4.69, 9.17) is 5.11 Å². The topological polar surface area (TPSA) is 37.3 Å². The molecule has 0 heterocycles. The van der Waals surface area contributed by atoms with E-state index in [0.29, 0.717) is 5.92 Å². The summed E-state index contributed by atoms with van der Waals surface area (Å²) in [6.45, 7) is 8.02. The summed E-state index contributed by atoms with van der Waals surface area (Å²) in [6, 6.07) is 0. The summed E-state index contributed by atoms with van der Waals surface area (Å²) in [5.74, 6) is -0.0686. The van der Waals surface area contributed by atoms with Gasteiger partial charge in [0.15, 0.2) is 0 Å². The van der Waals surface area contributed by atoms with Crippen molar-refractivity contribution < 1.29 is 27.0 Å². The first kappa shape index (κ1) is 15.5. The number of hydrogen-bond acceptors (Lipinski definition) is 1. The number of rotatable bonds is 5. The van der Waals surface area contributed by atoms with Crippen LogP contribution in [-0.2, 0) is 21.9 Å². The zero-order chi connectivity index (χ0) is 9.78. The van der Waals surface area contributed by atoms with Gasteiger partial charge in [-0.05, 0) is 32.1 Å². The van der Waals surface area contributed by atoms with Crippen LogP contribution in [0, 0.1) is 11.3 Å². The Hall–Kier alpha value is -0.0105. The number of carboxylic acid groups (broad SMARTS) is 1. The fourth-order valence-corrected chi connectivity index (χ4v) is 1.04. The van der Waals surface area contributed by atoms with Crippen molar-refractivity contribution in [1.82, 2.24) is 0 Å². The second kappa shape index (κ2) is 6.44. The Kier molecular flexibility index (Phi) is 7.66. The van der Waals surface area contributed by atoms with Crippen molar-refractivity contribution in [3.63, 3.8) is 0 Å². The minimum Gasteiger partial charge on any atom is -0.481 e. The molecule has 0 aliphatic carbocycles. The molecule has 0 saturated heterocycles. The number of hydrogen-bond donors (Lipinski definition) is 1. The van der Waals surface area contributed by atoms with E-state index in [2.05, 4.69) is 13.8 Å². The molecule has 0 bridgehead atoms. The minimum atomic E-state index is -0.661. The molecule has 79 valence electrons. The standard InChI is InChI=1S/C10H20O2.Mn/c1-5-10(4,9(11)12)7-6-8(2)3;/h8H,5-7H2,1-4H3,(H,11,12);. The molecule has 0 rings (SSSR count). The molecular formula is C10H20MnO2. The van der Waals surface area contributed by atoms with Crippen molar-refractivity contribution in [1.29, 1.82) is 0 Å². The molecule has 2 nitrogen and oxygen atoms in total. The van der Waals surface area contributed by atoms with E-state index in [0.717, 1.165) is 19.3 Å².